The van der Waals surface area contributed by atoms with E-state index in [1.165, 1.54) is 39.0 Å². The zero-order valence-electron chi connectivity index (χ0n) is 12.9. The Balaban J connectivity index is 3.07. The summed E-state index contributed by atoms with van der Waals surface area (Å²) in [7, 11) is 0. The van der Waals surface area contributed by atoms with E-state index in [4.69, 9.17) is 4.74 Å². The lowest BCUT2D eigenvalue weighted by Gasteiger charge is -2.28. The van der Waals surface area contributed by atoms with Gasteiger partial charge in [0.2, 0.25) is 0 Å². The molecule has 6 nitrogen and oxygen atoms in total. The highest BCUT2D eigenvalue weighted by Crippen LogP contribution is 2.24. The number of benzene rings is 1. The number of carbonyl (C=O) groups excluding carboxylic acids is 1. The van der Waals surface area contributed by atoms with Crippen molar-refractivity contribution < 1.29 is 27.6 Å². The van der Waals surface area contributed by atoms with Gasteiger partial charge in [0.15, 0.2) is 0 Å². The molecule has 0 spiro atoms. The van der Waals surface area contributed by atoms with Gasteiger partial charge < -0.3 is 4.74 Å². The fourth-order valence-corrected chi connectivity index (χ4v) is 1.76. The van der Waals surface area contributed by atoms with Gasteiger partial charge in [0.1, 0.15) is 12.1 Å². The van der Waals surface area contributed by atoms with E-state index in [0.717, 1.165) is 6.07 Å². The molecule has 9 heteroatoms. The van der Waals surface area contributed by atoms with E-state index < -0.39 is 35.9 Å². The van der Waals surface area contributed by atoms with Crippen molar-refractivity contribution >= 4 is 11.8 Å². The second kappa shape index (κ2) is 6.84. The fourth-order valence-electron chi connectivity index (χ4n) is 1.76. The van der Waals surface area contributed by atoms with Gasteiger partial charge in [-0.3, -0.25) is 15.0 Å². The molecule has 0 fully saturated rings. The second-order valence-electron chi connectivity index (χ2n) is 5.84. The van der Waals surface area contributed by atoms with Crippen molar-refractivity contribution in [1.82, 2.24) is 4.90 Å². The molecule has 0 aliphatic rings. The Bertz CT molecular complexity index is 582. The lowest BCUT2D eigenvalue weighted by molar-refractivity contribution is -0.385. The van der Waals surface area contributed by atoms with Crippen molar-refractivity contribution in [2.75, 3.05) is 6.54 Å². The molecule has 0 heterocycles. The van der Waals surface area contributed by atoms with Crippen molar-refractivity contribution in [3.8, 4) is 0 Å². The highest BCUT2D eigenvalue weighted by Gasteiger charge is 2.35. The summed E-state index contributed by atoms with van der Waals surface area (Å²) in [6.07, 6.45) is -5.84. The van der Waals surface area contributed by atoms with Crippen LogP contribution >= 0.6 is 0 Å². The summed E-state index contributed by atoms with van der Waals surface area (Å²) in [5.41, 5.74) is -1.35. The van der Waals surface area contributed by atoms with Gasteiger partial charge in [-0.05, 0) is 20.8 Å². The predicted octanol–water partition coefficient (Wildman–Crippen LogP) is 3.89. The molecular formula is C14H17F3N2O4. The van der Waals surface area contributed by atoms with Crippen LogP contribution in [-0.4, -0.2) is 34.2 Å². The molecule has 0 saturated carbocycles. The molecule has 1 aromatic rings. The number of rotatable bonds is 4. The van der Waals surface area contributed by atoms with Crippen molar-refractivity contribution in [2.45, 2.75) is 39.1 Å². The number of nitrogens with zero attached hydrogens (tertiary/aromatic N) is 2. The summed E-state index contributed by atoms with van der Waals surface area (Å²) in [5, 5.41) is 10.9. The number of alkyl halides is 3. The first-order valence-electron chi connectivity index (χ1n) is 6.66. The number of ether oxygens (including phenoxy) is 1. The highest BCUT2D eigenvalue weighted by molar-refractivity contribution is 5.68. The standard InChI is InChI=1S/C14H17F3N2O4/c1-13(2,3)23-12(20)18(9-14(15,16)17)8-10-6-4-5-7-11(10)19(21)22/h4-7H,8-9H2,1-3H3. The van der Waals surface area contributed by atoms with Crippen molar-refractivity contribution in [2.24, 2.45) is 0 Å². The van der Waals surface area contributed by atoms with Crippen molar-refractivity contribution in [3.63, 3.8) is 0 Å². The van der Waals surface area contributed by atoms with Gasteiger partial charge in [0, 0.05) is 11.6 Å². The SMILES string of the molecule is CC(C)(C)OC(=O)N(Cc1ccccc1[N+](=O)[O-])CC(F)(F)F. The maximum atomic E-state index is 12.7. The van der Waals surface area contributed by atoms with E-state index in [0.29, 0.717) is 4.90 Å². The molecule has 1 aromatic carbocycles. The first kappa shape index (κ1) is 18.7. The number of carbonyl (C=O) groups is 1. The normalized spacial score (nSPS) is 11.9. The van der Waals surface area contributed by atoms with Crippen LogP contribution in [0.4, 0.5) is 23.7 Å². The molecule has 1 amide bonds. The van der Waals surface area contributed by atoms with Gasteiger partial charge in [-0.25, -0.2) is 4.79 Å². The first-order valence-corrected chi connectivity index (χ1v) is 6.66. The monoisotopic (exact) mass is 334 g/mol. The second-order valence-corrected chi connectivity index (χ2v) is 5.84. The summed E-state index contributed by atoms with van der Waals surface area (Å²) in [4.78, 5) is 22.6. The van der Waals surface area contributed by atoms with Crippen LogP contribution in [0.25, 0.3) is 0 Å². The third-order valence-corrected chi connectivity index (χ3v) is 2.57. The Morgan fingerprint density at radius 1 is 1.26 bits per heavy atom. The Morgan fingerprint density at radius 2 is 1.83 bits per heavy atom. The third-order valence-electron chi connectivity index (χ3n) is 2.57. The molecular weight excluding hydrogens is 317 g/mol. The molecule has 0 atom stereocenters. The number of nitro benzene ring substituents is 1. The molecule has 0 aliphatic heterocycles. The molecule has 0 aromatic heterocycles. The third kappa shape index (κ3) is 6.54. The fraction of sp³-hybridized carbons (Fsp3) is 0.500. The zero-order valence-corrected chi connectivity index (χ0v) is 12.9. The number of halogens is 3. The quantitative estimate of drug-likeness (QED) is 0.618. The summed E-state index contributed by atoms with van der Waals surface area (Å²) in [5.74, 6) is 0. The van der Waals surface area contributed by atoms with Crippen molar-refractivity contribution in [1.29, 1.82) is 0 Å². The van der Waals surface area contributed by atoms with Crippen LogP contribution in [0, 0.1) is 10.1 Å². The van der Waals surface area contributed by atoms with Gasteiger partial charge >= 0.3 is 12.3 Å². The van der Waals surface area contributed by atoms with Crippen LogP contribution in [0.3, 0.4) is 0 Å². The number of para-hydroxylation sites is 1. The predicted molar refractivity (Wildman–Crippen MR) is 75.8 cm³/mol. The minimum atomic E-state index is -4.65. The number of hydrogen-bond acceptors (Lipinski definition) is 4. The average Bonchev–Trinajstić information content (AvgIpc) is 2.34. The van der Waals surface area contributed by atoms with E-state index in [9.17, 15) is 28.1 Å². The van der Waals surface area contributed by atoms with Crippen LogP contribution < -0.4 is 0 Å². The molecule has 23 heavy (non-hydrogen) atoms. The van der Waals surface area contributed by atoms with E-state index in [1.54, 1.807) is 0 Å². The molecule has 0 N–H and O–H groups in total. The van der Waals surface area contributed by atoms with Crippen LogP contribution in [0.15, 0.2) is 24.3 Å². The molecule has 0 bridgehead atoms. The Labute approximate surface area is 131 Å². The van der Waals surface area contributed by atoms with Crippen LogP contribution in [0.2, 0.25) is 0 Å². The zero-order chi connectivity index (χ0) is 17.8. The van der Waals surface area contributed by atoms with E-state index >= 15 is 0 Å². The summed E-state index contributed by atoms with van der Waals surface area (Å²) in [6.45, 7) is 2.41. The van der Waals surface area contributed by atoms with E-state index in [-0.39, 0.29) is 11.3 Å². The Kier molecular flexibility index (Phi) is 5.57. The smallest absolute Gasteiger partial charge is 0.410 e. The van der Waals surface area contributed by atoms with Crippen LogP contribution in [0.1, 0.15) is 26.3 Å². The van der Waals surface area contributed by atoms with E-state index in [1.807, 2.05) is 0 Å². The minimum Gasteiger partial charge on any atom is -0.444 e. The summed E-state index contributed by atoms with van der Waals surface area (Å²) >= 11 is 0. The number of amides is 1. The van der Waals surface area contributed by atoms with Gasteiger partial charge in [-0.2, -0.15) is 13.2 Å². The molecule has 0 aliphatic carbocycles. The average molecular weight is 334 g/mol. The van der Waals surface area contributed by atoms with Crippen LogP contribution in [0.5, 0.6) is 0 Å². The molecule has 128 valence electrons. The largest absolute Gasteiger partial charge is 0.444 e. The maximum Gasteiger partial charge on any atom is 0.410 e. The number of hydrogen-bond donors (Lipinski definition) is 0. The molecule has 0 saturated heterocycles. The van der Waals surface area contributed by atoms with Crippen LogP contribution in [-0.2, 0) is 11.3 Å². The number of nitro groups is 1. The molecule has 1 rings (SSSR count). The van der Waals surface area contributed by atoms with Crippen molar-refractivity contribution in [3.05, 3.63) is 39.9 Å². The van der Waals surface area contributed by atoms with Gasteiger partial charge in [-0.15, -0.1) is 0 Å². The summed E-state index contributed by atoms with van der Waals surface area (Å²) in [6, 6.07) is 5.30. The first-order chi connectivity index (χ1) is 10.4. The lowest BCUT2D eigenvalue weighted by atomic mass is 10.1. The Morgan fingerprint density at radius 3 is 2.30 bits per heavy atom. The molecule has 0 radical (unpaired) electrons. The Hall–Kier alpha value is -2.32. The molecule has 0 unspecified atom stereocenters. The van der Waals surface area contributed by atoms with Gasteiger partial charge in [0.05, 0.1) is 11.5 Å². The van der Waals surface area contributed by atoms with Gasteiger partial charge in [0.25, 0.3) is 5.69 Å². The van der Waals surface area contributed by atoms with Gasteiger partial charge in [-0.1, -0.05) is 18.2 Å². The highest BCUT2D eigenvalue weighted by atomic mass is 19.4. The topological polar surface area (TPSA) is 72.7 Å². The lowest BCUT2D eigenvalue weighted by Crippen LogP contribution is -2.41. The summed E-state index contributed by atoms with van der Waals surface area (Å²) < 4.78 is 43.0. The maximum absolute atomic E-state index is 12.7. The minimum absolute atomic E-state index is 0.00684. The van der Waals surface area contributed by atoms with E-state index in [2.05, 4.69) is 0 Å².